The van der Waals surface area contributed by atoms with Crippen LogP contribution >= 0.6 is 0 Å². The highest BCUT2D eigenvalue weighted by Gasteiger charge is 2.14. The molecule has 15 heavy (non-hydrogen) atoms. The Balaban J connectivity index is 0. The highest BCUT2D eigenvalue weighted by Crippen LogP contribution is 2.25. The van der Waals surface area contributed by atoms with Crippen molar-refractivity contribution in [1.29, 1.82) is 0 Å². The first-order valence-electron chi connectivity index (χ1n) is 6.47. The van der Waals surface area contributed by atoms with E-state index in [-0.39, 0.29) is 0 Å². The smallest absolute Gasteiger partial charge is 0.0459 e. The van der Waals surface area contributed by atoms with E-state index in [1.54, 1.807) is 0 Å². The minimum atomic E-state index is 0.330. The van der Waals surface area contributed by atoms with Crippen molar-refractivity contribution >= 4 is 0 Å². The van der Waals surface area contributed by atoms with Gasteiger partial charge in [-0.1, -0.05) is 61.3 Å². The van der Waals surface area contributed by atoms with Crippen molar-refractivity contribution in [2.75, 3.05) is 6.61 Å². The molecule has 0 radical (unpaired) electrons. The second-order valence-corrected chi connectivity index (χ2v) is 5.59. The second-order valence-electron chi connectivity index (χ2n) is 5.59. The quantitative estimate of drug-likeness (QED) is 0.717. The maximum Gasteiger partial charge on any atom is 0.0459 e. The van der Waals surface area contributed by atoms with Crippen molar-refractivity contribution in [2.24, 2.45) is 17.3 Å². The molecule has 2 atom stereocenters. The van der Waals surface area contributed by atoms with Gasteiger partial charge in [0.05, 0.1) is 0 Å². The van der Waals surface area contributed by atoms with Gasteiger partial charge in [0.15, 0.2) is 0 Å². The summed E-state index contributed by atoms with van der Waals surface area (Å²) in [4.78, 5) is 0. The molecule has 1 heteroatoms. The number of rotatable bonds is 5. The maximum absolute atomic E-state index is 8.96. The van der Waals surface area contributed by atoms with Crippen LogP contribution in [-0.2, 0) is 0 Å². The van der Waals surface area contributed by atoms with Crippen LogP contribution in [0.2, 0.25) is 0 Å². The normalized spacial score (nSPS) is 15.2. The topological polar surface area (TPSA) is 20.2 Å². The molecule has 0 spiro atoms. The lowest BCUT2D eigenvalue weighted by Crippen LogP contribution is -2.13. The van der Waals surface area contributed by atoms with Crippen molar-refractivity contribution in [3.63, 3.8) is 0 Å². The largest absolute Gasteiger partial charge is 0.396 e. The number of aliphatic hydroxyl groups excluding tert-OH is 1. The Bertz CT molecular complexity index is 124. The average Bonchev–Trinajstić information content (AvgIpc) is 2.17. The Labute approximate surface area is 97.3 Å². The summed E-state index contributed by atoms with van der Waals surface area (Å²) in [5, 5.41) is 8.96. The van der Waals surface area contributed by atoms with E-state index in [0.717, 1.165) is 0 Å². The average molecular weight is 216 g/mol. The third kappa shape index (κ3) is 11.9. The maximum atomic E-state index is 8.96. The molecule has 0 saturated carbocycles. The van der Waals surface area contributed by atoms with Crippen LogP contribution < -0.4 is 0 Å². The summed E-state index contributed by atoms with van der Waals surface area (Å²) in [5.41, 5.74) is 0.460. The molecule has 0 aromatic carbocycles. The molecule has 0 heterocycles. The lowest BCUT2D eigenvalue weighted by atomic mass is 9.85. The van der Waals surface area contributed by atoms with E-state index < -0.39 is 0 Å². The molecule has 1 nitrogen and oxygen atoms in total. The molecular formula is C14H32O. The summed E-state index contributed by atoms with van der Waals surface area (Å²) in [5.74, 6) is 1.12. The predicted octanol–water partition coefficient (Wildman–Crippen LogP) is 4.49. The van der Waals surface area contributed by atoms with Gasteiger partial charge in [-0.2, -0.15) is 0 Å². The SMILES string of the molecule is CC.CC(CO)C(C)CCCC(C)(C)C. The molecule has 0 saturated heterocycles. The number of hydrogen-bond acceptors (Lipinski definition) is 1. The van der Waals surface area contributed by atoms with Gasteiger partial charge in [-0.05, 0) is 23.7 Å². The van der Waals surface area contributed by atoms with Crippen molar-refractivity contribution in [2.45, 2.75) is 67.7 Å². The Morgan fingerprint density at radius 3 is 1.80 bits per heavy atom. The molecule has 0 aromatic rings. The molecule has 0 bridgehead atoms. The molecule has 0 aliphatic carbocycles. The summed E-state index contributed by atoms with van der Waals surface area (Å²) in [6, 6.07) is 0. The number of aliphatic hydroxyl groups is 1. The monoisotopic (exact) mass is 216 g/mol. The van der Waals surface area contributed by atoms with Crippen molar-refractivity contribution in [3.05, 3.63) is 0 Å². The van der Waals surface area contributed by atoms with Crippen molar-refractivity contribution in [3.8, 4) is 0 Å². The standard InChI is InChI=1S/C12H26O.C2H6/c1-10(11(2)9-13)7-6-8-12(3,4)5;1-2/h10-11,13H,6-9H2,1-5H3;1-2H3. The minimum absolute atomic E-state index is 0.330. The summed E-state index contributed by atoms with van der Waals surface area (Å²) in [6.07, 6.45) is 3.82. The highest BCUT2D eigenvalue weighted by atomic mass is 16.3. The van der Waals surface area contributed by atoms with Crippen molar-refractivity contribution in [1.82, 2.24) is 0 Å². The van der Waals surface area contributed by atoms with Gasteiger partial charge in [-0.15, -0.1) is 0 Å². The Kier molecular flexibility index (Phi) is 10.7. The predicted molar refractivity (Wildman–Crippen MR) is 70.1 cm³/mol. The molecule has 94 valence electrons. The minimum Gasteiger partial charge on any atom is -0.396 e. The molecule has 0 aromatic heterocycles. The summed E-state index contributed by atoms with van der Waals surface area (Å²) < 4.78 is 0. The fourth-order valence-electron chi connectivity index (χ4n) is 1.42. The molecular weight excluding hydrogens is 184 g/mol. The first-order chi connectivity index (χ1) is 6.87. The van der Waals surface area contributed by atoms with Gasteiger partial charge >= 0.3 is 0 Å². The van der Waals surface area contributed by atoms with Crippen LogP contribution in [0.15, 0.2) is 0 Å². The van der Waals surface area contributed by atoms with Gasteiger partial charge in [0.2, 0.25) is 0 Å². The van der Waals surface area contributed by atoms with E-state index in [9.17, 15) is 0 Å². The van der Waals surface area contributed by atoms with Gasteiger partial charge in [0, 0.05) is 6.61 Å². The molecule has 0 aliphatic rings. The number of hydrogen-bond donors (Lipinski definition) is 1. The van der Waals surface area contributed by atoms with Crippen molar-refractivity contribution < 1.29 is 5.11 Å². The molecule has 0 fully saturated rings. The van der Waals surface area contributed by atoms with E-state index in [0.29, 0.717) is 23.9 Å². The second kappa shape index (κ2) is 9.21. The summed E-state index contributed by atoms with van der Waals surface area (Å²) >= 11 is 0. The Morgan fingerprint density at radius 2 is 1.47 bits per heavy atom. The van der Waals surface area contributed by atoms with E-state index in [1.165, 1.54) is 19.3 Å². The van der Waals surface area contributed by atoms with E-state index >= 15 is 0 Å². The van der Waals surface area contributed by atoms with Crippen LogP contribution in [0.25, 0.3) is 0 Å². The molecule has 0 aliphatic heterocycles. The van der Waals surface area contributed by atoms with Gasteiger partial charge in [0.1, 0.15) is 0 Å². The fraction of sp³-hybridized carbons (Fsp3) is 1.00. The first kappa shape index (κ1) is 17.4. The Morgan fingerprint density at radius 1 is 1.00 bits per heavy atom. The Hall–Kier alpha value is -0.0400. The summed E-state index contributed by atoms with van der Waals surface area (Å²) in [7, 11) is 0. The van der Waals surface area contributed by atoms with Crippen LogP contribution in [0.5, 0.6) is 0 Å². The van der Waals surface area contributed by atoms with Crippen LogP contribution in [0.4, 0.5) is 0 Å². The third-order valence-corrected chi connectivity index (χ3v) is 2.85. The zero-order valence-electron chi connectivity index (χ0n) is 11.9. The van der Waals surface area contributed by atoms with E-state index in [2.05, 4.69) is 34.6 Å². The fourth-order valence-corrected chi connectivity index (χ4v) is 1.42. The molecule has 2 unspecified atom stereocenters. The summed E-state index contributed by atoms with van der Waals surface area (Å²) in [6.45, 7) is 15.6. The van der Waals surface area contributed by atoms with E-state index in [4.69, 9.17) is 5.11 Å². The van der Waals surface area contributed by atoms with Gasteiger partial charge in [-0.3, -0.25) is 0 Å². The zero-order valence-corrected chi connectivity index (χ0v) is 11.9. The van der Waals surface area contributed by atoms with Crippen LogP contribution in [0.1, 0.15) is 67.7 Å². The third-order valence-electron chi connectivity index (χ3n) is 2.85. The highest BCUT2D eigenvalue weighted by molar-refractivity contribution is 4.65. The van der Waals surface area contributed by atoms with Crippen LogP contribution in [0, 0.1) is 17.3 Å². The molecule has 0 amide bonds. The van der Waals surface area contributed by atoms with Gasteiger partial charge in [0.25, 0.3) is 0 Å². The van der Waals surface area contributed by atoms with Gasteiger partial charge in [-0.25, -0.2) is 0 Å². The lowest BCUT2D eigenvalue weighted by molar-refractivity contribution is 0.185. The van der Waals surface area contributed by atoms with E-state index in [1.807, 2.05) is 13.8 Å². The van der Waals surface area contributed by atoms with Crippen LogP contribution in [0.3, 0.4) is 0 Å². The first-order valence-corrected chi connectivity index (χ1v) is 6.47. The lowest BCUT2D eigenvalue weighted by Gasteiger charge is -2.21. The van der Waals surface area contributed by atoms with Crippen LogP contribution in [-0.4, -0.2) is 11.7 Å². The zero-order chi connectivity index (χ0) is 12.5. The molecule has 0 rings (SSSR count). The molecule has 1 N–H and O–H groups in total. The van der Waals surface area contributed by atoms with Gasteiger partial charge < -0.3 is 5.11 Å².